The first-order valence-corrected chi connectivity index (χ1v) is 7.70. The third-order valence-corrected chi connectivity index (χ3v) is 3.78. The van der Waals surface area contributed by atoms with Gasteiger partial charge in [-0.15, -0.1) is 11.3 Å². The number of benzene rings is 1. The van der Waals surface area contributed by atoms with Gasteiger partial charge in [0.25, 0.3) is 0 Å². The fourth-order valence-electron chi connectivity index (χ4n) is 1.94. The summed E-state index contributed by atoms with van der Waals surface area (Å²) >= 11 is 1.40. The number of carboxylic acids is 1. The summed E-state index contributed by atoms with van der Waals surface area (Å²) in [5.74, 6) is -0.563. The van der Waals surface area contributed by atoms with Crippen LogP contribution in [-0.4, -0.2) is 22.7 Å². The predicted molar refractivity (Wildman–Crippen MR) is 83.7 cm³/mol. The summed E-state index contributed by atoms with van der Waals surface area (Å²) in [5, 5.41) is 14.8. The summed E-state index contributed by atoms with van der Waals surface area (Å²) in [7, 11) is 0. The average Bonchev–Trinajstić information content (AvgIpc) is 2.90. The fraction of sp³-hybridized carbons (Fsp3) is 0.333. The van der Waals surface area contributed by atoms with Crippen LogP contribution in [0.15, 0.2) is 29.6 Å². The predicted octanol–water partition coefficient (Wildman–Crippen LogP) is 3.86. The number of aromatic nitrogens is 1. The number of carboxylic acid groups (broad SMARTS) is 1. The monoisotopic (exact) mass is 306 g/mol. The molecular weight excluding hydrogens is 288 g/mol. The Kier molecular flexibility index (Phi) is 5.16. The number of thiazole rings is 1. The van der Waals surface area contributed by atoms with Gasteiger partial charge in [0.2, 0.25) is 0 Å². The summed E-state index contributed by atoms with van der Waals surface area (Å²) < 4.78 is 5.38. The van der Waals surface area contributed by atoms with Crippen molar-refractivity contribution in [1.82, 2.24) is 4.98 Å². The Morgan fingerprint density at radius 3 is 2.67 bits per heavy atom. The molecule has 2 aromatic rings. The zero-order valence-corrected chi connectivity index (χ0v) is 12.8. The van der Waals surface area contributed by atoms with Crippen molar-refractivity contribution in [2.75, 3.05) is 11.9 Å². The van der Waals surface area contributed by atoms with Crippen molar-refractivity contribution in [3.8, 4) is 5.75 Å². The smallest absolute Gasteiger partial charge is 0.312 e. The molecule has 0 radical (unpaired) electrons. The Hall–Kier alpha value is -2.08. The maximum absolute atomic E-state index is 11.1. The Morgan fingerprint density at radius 1 is 1.38 bits per heavy atom. The van der Waals surface area contributed by atoms with Gasteiger partial charge in [0.05, 0.1) is 18.2 Å². The number of hydrogen-bond donors (Lipinski definition) is 2. The highest BCUT2D eigenvalue weighted by molar-refractivity contribution is 7.13. The van der Waals surface area contributed by atoms with Gasteiger partial charge in [0, 0.05) is 11.1 Å². The van der Waals surface area contributed by atoms with Crippen LogP contribution >= 0.6 is 11.3 Å². The maximum Gasteiger partial charge on any atom is 0.312 e. The highest BCUT2D eigenvalue weighted by Gasteiger charge is 2.20. The molecule has 0 fully saturated rings. The number of nitrogens with zero attached hydrogens (tertiary/aromatic N) is 1. The fourth-order valence-corrected chi connectivity index (χ4v) is 2.72. The number of carbonyl (C=O) groups is 1. The molecule has 0 aliphatic rings. The second-order valence-corrected chi connectivity index (χ2v) is 5.32. The molecule has 21 heavy (non-hydrogen) atoms. The SMILES string of the molecule is CCOc1ccc(Nc2nc(C(CC)C(=O)O)cs2)cc1. The van der Waals surface area contributed by atoms with Gasteiger partial charge in [-0.3, -0.25) is 4.79 Å². The van der Waals surface area contributed by atoms with Gasteiger partial charge in [-0.1, -0.05) is 6.92 Å². The molecule has 0 spiro atoms. The molecule has 0 saturated carbocycles. The maximum atomic E-state index is 11.1. The van der Waals surface area contributed by atoms with Crippen molar-refractivity contribution >= 4 is 28.1 Å². The van der Waals surface area contributed by atoms with E-state index >= 15 is 0 Å². The minimum atomic E-state index is -0.838. The molecule has 0 amide bonds. The molecule has 0 aliphatic heterocycles. The van der Waals surface area contributed by atoms with E-state index in [1.807, 2.05) is 38.1 Å². The van der Waals surface area contributed by atoms with E-state index in [1.165, 1.54) is 11.3 Å². The Balaban J connectivity index is 2.06. The van der Waals surface area contributed by atoms with E-state index in [9.17, 15) is 4.79 Å². The van der Waals surface area contributed by atoms with Gasteiger partial charge in [-0.05, 0) is 37.6 Å². The lowest BCUT2D eigenvalue weighted by atomic mass is 10.0. The molecule has 0 saturated heterocycles. The molecule has 1 aromatic heterocycles. The lowest BCUT2D eigenvalue weighted by Gasteiger charge is -2.06. The lowest BCUT2D eigenvalue weighted by molar-refractivity contribution is -0.138. The van der Waals surface area contributed by atoms with Crippen LogP contribution in [0.25, 0.3) is 0 Å². The molecule has 1 unspecified atom stereocenters. The molecule has 2 N–H and O–H groups in total. The molecule has 2 rings (SSSR count). The van der Waals surface area contributed by atoms with E-state index in [0.29, 0.717) is 23.9 Å². The number of aliphatic carboxylic acids is 1. The summed E-state index contributed by atoms with van der Waals surface area (Å²) in [6, 6.07) is 7.57. The van der Waals surface area contributed by atoms with Gasteiger partial charge >= 0.3 is 5.97 Å². The summed E-state index contributed by atoms with van der Waals surface area (Å²) in [6.45, 7) is 4.42. The van der Waals surface area contributed by atoms with Crippen LogP contribution in [0.2, 0.25) is 0 Å². The summed E-state index contributed by atoms with van der Waals surface area (Å²) in [6.07, 6.45) is 0.529. The molecular formula is C15H18N2O3S. The molecule has 1 aromatic carbocycles. The normalized spacial score (nSPS) is 11.9. The second kappa shape index (κ2) is 7.08. The summed E-state index contributed by atoms with van der Waals surface area (Å²) in [4.78, 5) is 15.5. The first kappa shape index (κ1) is 15.3. The topological polar surface area (TPSA) is 71.5 Å². The van der Waals surface area contributed by atoms with E-state index < -0.39 is 11.9 Å². The van der Waals surface area contributed by atoms with Crippen LogP contribution in [0, 0.1) is 0 Å². The molecule has 1 heterocycles. The lowest BCUT2D eigenvalue weighted by Crippen LogP contribution is -2.10. The van der Waals surface area contributed by atoms with Crippen LogP contribution in [0.4, 0.5) is 10.8 Å². The van der Waals surface area contributed by atoms with E-state index in [1.54, 1.807) is 5.38 Å². The second-order valence-electron chi connectivity index (χ2n) is 4.46. The van der Waals surface area contributed by atoms with Crippen LogP contribution in [0.5, 0.6) is 5.75 Å². The third kappa shape index (κ3) is 3.95. The molecule has 5 nitrogen and oxygen atoms in total. The van der Waals surface area contributed by atoms with E-state index in [2.05, 4.69) is 10.3 Å². The molecule has 112 valence electrons. The minimum Gasteiger partial charge on any atom is -0.494 e. The number of ether oxygens (including phenoxy) is 1. The average molecular weight is 306 g/mol. The van der Waals surface area contributed by atoms with Crippen molar-refractivity contribution in [3.05, 3.63) is 35.3 Å². The van der Waals surface area contributed by atoms with Gasteiger partial charge < -0.3 is 15.2 Å². The van der Waals surface area contributed by atoms with E-state index in [4.69, 9.17) is 9.84 Å². The summed E-state index contributed by atoms with van der Waals surface area (Å²) in [5.41, 5.74) is 1.49. The van der Waals surface area contributed by atoms with Crippen molar-refractivity contribution in [2.24, 2.45) is 0 Å². The Bertz CT molecular complexity index is 595. The van der Waals surface area contributed by atoms with Crippen molar-refractivity contribution < 1.29 is 14.6 Å². The Labute approximate surface area is 127 Å². The van der Waals surface area contributed by atoms with Crippen molar-refractivity contribution in [1.29, 1.82) is 0 Å². The zero-order valence-electron chi connectivity index (χ0n) is 12.0. The Morgan fingerprint density at radius 2 is 2.10 bits per heavy atom. The van der Waals surface area contributed by atoms with E-state index in [0.717, 1.165) is 11.4 Å². The molecule has 6 heteroatoms. The van der Waals surface area contributed by atoms with Crippen LogP contribution < -0.4 is 10.1 Å². The molecule has 0 bridgehead atoms. The highest BCUT2D eigenvalue weighted by Crippen LogP contribution is 2.27. The molecule has 0 aliphatic carbocycles. The third-order valence-electron chi connectivity index (χ3n) is 3.00. The largest absolute Gasteiger partial charge is 0.494 e. The highest BCUT2D eigenvalue weighted by atomic mass is 32.1. The number of rotatable bonds is 7. The van der Waals surface area contributed by atoms with Gasteiger partial charge in [0.15, 0.2) is 5.13 Å². The zero-order chi connectivity index (χ0) is 15.2. The quantitative estimate of drug-likeness (QED) is 0.812. The van der Waals surface area contributed by atoms with E-state index in [-0.39, 0.29) is 0 Å². The molecule has 1 atom stereocenters. The minimum absolute atomic E-state index is 0.529. The van der Waals surface area contributed by atoms with Crippen molar-refractivity contribution in [2.45, 2.75) is 26.2 Å². The van der Waals surface area contributed by atoms with Crippen LogP contribution in [0.1, 0.15) is 31.9 Å². The van der Waals surface area contributed by atoms with Gasteiger partial charge in [-0.2, -0.15) is 0 Å². The number of hydrogen-bond acceptors (Lipinski definition) is 5. The van der Waals surface area contributed by atoms with Gasteiger partial charge in [0.1, 0.15) is 5.75 Å². The first-order valence-electron chi connectivity index (χ1n) is 6.82. The standard InChI is InChI=1S/C15H18N2O3S/c1-3-12(14(18)19)13-9-21-15(17-13)16-10-5-7-11(8-6-10)20-4-2/h5-9,12H,3-4H2,1-2H3,(H,16,17)(H,18,19). The number of nitrogens with one attached hydrogen (secondary N) is 1. The van der Waals surface area contributed by atoms with Gasteiger partial charge in [-0.25, -0.2) is 4.98 Å². The van der Waals surface area contributed by atoms with Crippen molar-refractivity contribution in [3.63, 3.8) is 0 Å². The van der Waals surface area contributed by atoms with Crippen LogP contribution in [0.3, 0.4) is 0 Å². The van der Waals surface area contributed by atoms with Crippen LogP contribution in [-0.2, 0) is 4.79 Å². The first-order chi connectivity index (χ1) is 10.1. The number of anilines is 2.